The number of carboxylic acids is 1. The Bertz CT molecular complexity index is 1470. The number of carbonyl (C=O) groups excluding carboxylic acids is 3. The van der Waals surface area contributed by atoms with Crippen molar-refractivity contribution in [3.8, 4) is 5.69 Å². The molecule has 4 rings (SSSR count). The van der Waals surface area contributed by atoms with Gasteiger partial charge in [-0.2, -0.15) is 4.68 Å². The number of benzene rings is 2. The quantitative estimate of drug-likeness (QED) is 0.296. The number of carbonyl (C=O) groups is 4. The van der Waals surface area contributed by atoms with Crippen molar-refractivity contribution >= 4 is 47.1 Å². The van der Waals surface area contributed by atoms with E-state index in [0.29, 0.717) is 18.8 Å². The summed E-state index contributed by atoms with van der Waals surface area (Å²) in [6.45, 7) is 2.59. The molecule has 3 amide bonds. The second-order valence-electron chi connectivity index (χ2n) is 9.54. The third-order valence-electron chi connectivity index (χ3n) is 6.64. The number of carboxylic acid groups (broad SMARTS) is 1. The van der Waals surface area contributed by atoms with Gasteiger partial charge in [0.1, 0.15) is 12.4 Å². The molecule has 42 heavy (non-hydrogen) atoms. The first-order valence-corrected chi connectivity index (χ1v) is 13.3. The molecular formula is C27H28ClFN8O5. The Morgan fingerprint density at radius 2 is 1.81 bits per heavy atom. The molecule has 1 aliphatic rings. The van der Waals surface area contributed by atoms with Crippen molar-refractivity contribution in [2.45, 2.75) is 18.9 Å². The fourth-order valence-electron chi connectivity index (χ4n) is 4.24. The summed E-state index contributed by atoms with van der Waals surface area (Å²) in [4.78, 5) is 53.9. The highest BCUT2D eigenvalue weighted by Gasteiger charge is 2.25. The van der Waals surface area contributed by atoms with Crippen molar-refractivity contribution in [3.05, 3.63) is 70.8 Å². The summed E-state index contributed by atoms with van der Waals surface area (Å²) in [5.41, 5.74) is 0.505. The molecule has 0 saturated carbocycles. The van der Waals surface area contributed by atoms with Gasteiger partial charge in [0.2, 0.25) is 17.7 Å². The normalized spacial score (nSPS) is 14.5. The van der Waals surface area contributed by atoms with E-state index in [0.717, 1.165) is 19.2 Å². The summed E-state index contributed by atoms with van der Waals surface area (Å²) in [6, 6.07) is 7.15. The molecule has 2 heterocycles. The summed E-state index contributed by atoms with van der Waals surface area (Å²) in [7, 11) is 1.97. The largest absolute Gasteiger partial charge is 0.478 e. The van der Waals surface area contributed by atoms with E-state index in [4.69, 9.17) is 16.7 Å². The number of likely N-dealkylation sites (N-methyl/N-ethyl adjacent to an activating group) is 1. The van der Waals surface area contributed by atoms with Crippen LogP contribution < -0.4 is 10.6 Å². The van der Waals surface area contributed by atoms with Gasteiger partial charge in [0.15, 0.2) is 5.82 Å². The maximum atomic E-state index is 14.9. The third kappa shape index (κ3) is 7.73. The molecule has 220 valence electrons. The number of nitrogens with one attached hydrogen (secondary N) is 2. The summed E-state index contributed by atoms with van der Waals surface area (Å²) in [6.07, 6.45) is 3.46. The van der Waals surface area contributed by atoms with Crippen LogP contribution in [-0.2, 0) is 14.4 Å². The van der Waals surface area contributed by atoms with Crippen molar-refractivity contribution in [1.82, 2.24) is 35.3 Å². The third-order valence-corrected chi connectivity index (χ3v) is 6.93. The van der Waals surface area contributed by atoms with E-state index >= 15 is 0 Å². The number of tetrazole rings is 1. The second-order valence-corrected chi connectivity index (χ2v) is 9.94. The molecule has 1 saturated heterocycles. The Hall–Kier alpha value is -4.69. The Morgan fingerprint density at radius 1 is 1.10 bits per heavy atom. The number of aromatic carboxylic acids is 1. The van der Waals surface area contributed by atoms with E-state index in [1.807, 2.05) is 7.05 Å². The Kier molecular flexibility index (Phi) is 9.93. The number of piperazine rings is 1. The molecule has 2 aromatic carbocycles. The van der Waals surface area contributed by atoms with E-state index in [-0.39, 0.29) is 40.6 Å². The zero-order chi connectivity index (χ0) is 30.2. The highest BCUT2D eigenvalue weighted by Crippen LogP contribution is 2.25. The first-order chi connectivity index (χ1) is 20.1. The molecule has 0 radical (unpaired) electrons. The average Bonchev–Trinajstić information content (AvgIpc) is 3.51. The van der Waals surface area contributed by atoms with Crippen LogP contribution in [0.4, 0.5) is 10.1 Å². The minimum atomic E-state index is -1.14. The van der Waals surface area contributed by atoms with Gasteiger partial charge in [0.25, 0.3) is 0 Å². The fourth-order valence-corrected chi connectivity index (χ4v) is 4.41. The number of anilines is 1. The molecule has 0 bridgehead atoms. The van der Waals surface area contributed by atoms with Crippen LogP contribution in [0, 0.1) is 5.82 Å². The van der Waals surface area contributed by atoms with Crippen LogP contribution in [0.25, 0.3) is 11.8 Å². The second kappa shape index (κ2) is 13.8. The number of hydrogen-bond donors (Lipinski definition) is 3. The van der Waals surface area contributed by atoms with Gasteiger partial charge in [-0.15, -0.1) is 5.10 Å². The SMILES string of the molecule is CN1CCN(C(=O)CCC(NC(=O)/C=C/c2c(-n3cnnn3)ccc(Cl)c2F)C(=O)Nc2ccc(C(=O)O)cc2)CC1. The molecule has 1 aliphatic heterocycles. The van der Waals surface area contributed by atoms with Gasteiger partial charge in [-0.25, -0.2) is 9.18 Å². The lowest BCUT2D eigenvalue weighted by atomic mass is 10.1. The zero-order valence-corrected chi connectivity index (χ0v) is 23.3. The van der Waals surface area contributed by atoms with Gasteiger partial charge in [-0.3, -0.25) is 14.4 Å². The molecule has 0 spiro atoms. The number of nitrogens with zero attached hydrogens (tertiary/aromatic N) is 6. The molecule has 0 aliphatic carbocycles. The molecule has 15 heteroatoms. The molecule has 1 unspecified atom stereocenters. The van der Waals surface area contributed by atoms with Crippen molar-refractivity contribution in [2.24, 2.45) is 0 Å². The van der Waals surface area contributed by atoms with Crippen LogP contribution in [0.1, 0.15) is 28.8 Å². The monoisotopic (exact) mass is 598 g/mol. The van der Waals surface area contributed by atoms with Crippen molar-refractivity contribution in [2.75, 3.05) is 38.5 Å². The number of hydrogen-bond acceptors (Lipinski definition) is 8. The number of aromatic nitrogens is 4. The summed E-state index contributed by atoms with van der Waals surface area (Å²) in [5.74, 6) is -3.42. The minimum Gasteiger partial charge on any atom is -0.478 e. The van der Waals surface area contributed by atoms with Crippen molar-refractivity contribution < 1.29 is 28.7 Å². The van der Waals surface area contributed by atoms with Gasteiger partial charge in [0, 0.05) is 49.9 Å². The summed E-state index contributed by atoms with van der Waals surface area (Å²) in [5, 5.41) is 24.9. The minimum absolute atomic E-state index is 0.00385. The average molecular weight is 599 g/mol. The predicted molar refractivity (Wildman–Crippen MR) is 150 cm³/mol. The van der Waals surface area contributed by atoms with E-state index in [9.17, 15) is 23.6 Å². The van der Waals surface area contributed by atoms with Crippen LogP contribution in [0.3, 0.4) is 0 Å². The molecular weight excluding hydrogens is 571 g/mol. The standard InChI is InChI=1S/C27H28ClFN8O5/c1-35-12-14-36(15-13-35)24(39)11-8-21(26(40)31-18-4-2-17(3-5-18)27(41)42)32-23(38)10-6-19-22(37-16-30-33-34-37)9-7-20(28)25(19)29/h2-7,9-10,16,21H,8,11-15H2,1H3,(H,31,40)(H,32,38)(H,41,42)/b10-6+. The molecule has 3 aromatic rings. The number of amides is 3. The molecule has 13 nitrogen and oxygen atoms in total. The first kappa shape index (κ1) is 30.3. The summed E-state index contributed by atoms with van der Waals surface area (Å²) >= 11 is 5.94. The highest BCUT2D eigenvalue weighted by molar-refractivity contribution is 6.31. The first-order valence-electron chi connectivity index (χ1n) is 12.9. The topological polar surface area (TPSA) is 163 Å². The van der Waals surface area contributed by atoms with E-state index in [2.05, 4.69) is 31.1 Å². The van der Waals surface area contributed by atoms with Crippen molar-refractivity contribution in [3.63, 3.8) is 0 Å². The lowest BCUT2D eigenvalue weighted by Gasteiger charge is -2.32. The maximum absolute atomic E-state index is 14.9. The van der Waals surface area contributed by atoms with Crippen LogP contribution >= 0.6 is 11.6 Å². The maximum Gasteiger partial charge on any atom is 0.335 e. The molecule has 1 fully saturated rings. The highest BCUT2D eigenvalue weighted by atomic mass is 35.5. The lowest BCUT2D eigenvalue weighted by Crippen LogP contribution is -2.48. The van der Waals surface area contributed by atoms with Crippen LogP contribution in [0.5, 0.6) is 0 Å². The zero-order valence-electron chi connectivity index (χ0n) is 22.5. The van der Waals surface area contributed by atoms with Gasteiger partial charge < -0.3 is 25.5 Å². The van der Waals surface area contributed by atoms with Crippen molar-refractivity contribution in [1.29, 1.82) is 0 Å². The van der Waals surface area contributed by atoms with Crippen LogP contribution in [-0.4, -0.2) is 98.1 Å². The summed E-state index contributed by atoms with van der Waals surface area (Å²) < 4.78 is 16.1. The molecule has 3 N–H and O–H groups in total. The number of halogens is 2. The smallest absolute Gasteiger partial charge is 0.335 e. The molecule has 1 aromatic heterocycles. The van der Waals surface area contributed by atoms with E-state index in [1.54, 1.807) is 4.90 Å². The Labute approximate surface area is 244 Å². The predicted octanol–water partition coefficient (Wildman–Crippen LogP) is 1.84. The Balaban J connectivity index is 1.49. The Morgan fingerprint density at radius 3 is 2.45 bits per heavy atom. The number of rotatable bonds is 10. The molecule has 1 atom stereocenters. The van der Waals surface area contributed by atoms with E-state index < -0.39 is 29.6 Å². The van der Waals surface area contributed by atoms with Crippen LogP contribution in [0.15, 0.2) is 48.8 Å². The van der Waals surface area contributed by atoms with Gasteiger partial charge in [-0.1, -0.05) is 11.6 Å². The van der Waals surface area contributed by atoms with Gasteiger partial charge in [0.05, 0.1) is 16.3 Å². The lowest BCUT2D eigenvalue weighted by molar-refractivity contribution is -0.133. The van der Waals surface area contributed by atoms with Gasteiger partial charge in [-0.05, 0) is 66.4 Å². The van der Waals surface area contributed by atoms with Crippen LogP contribution in [0.2, 0.25) is 5.02 Å². The fraction of sp³-hybridized carbons (Fsp3) is 0.296. The van der Waals surface area contributed by atoms with E-state index in [1.165, 1.54) is 53.5 Å². The van der Waals surface area contributed by atoms with Gasteiger partial charge >= 0.3 is 5.97 Å².